The molecule has 114 valence electrons. The van der Waals surface area contributed by atoms with Gasteiger partial charge in [-0.1, -0.05) is 6.92 Å². The zero-order chi connectivity index (χ0) is 15.4. The van der Waals surface area contributed by atoms with E-state index in [2.05, 4.69) is 22.2 Å². The second-order valence-corrected chi connectivity index (χ2v) is 6.12. The summed E-state index contributed by atoms with van der Waals surface area (Å²) >= 11 is 1.70. The zero-order valence-corrected chi connectivity index (χ0v) is 13.4. The molecule has 0 aliphatic rings. The van der Waals surface area contributed by atoms with Crippen LogP contribution in [0.25, 0.3) is 0 Å². The van der Waals surface area contributed by atoms with E-state index in [1.807, 2.05) is 13.1 Å². The van der Waals surface area contributed by atoms with Gasteiger partial charge in [0.1, 0.15) is 10.8 Å². The van der Waals surface area contributed by atoms with Crippen LogP contribution in [0.5, 0.6) is 5.75 Å². The minimum Gasteiger partial charge on any atom is -0.506 e. The van der Waals surface area contributed by atoms with Gasteiger partial charge in [0.15, 0.2) is 0 Å². The Hall–Kier alpha value is -1.50. The minimum atomic E-state index is -0.135. The lowest BCUT2D eigenvalue weighted by atomic mass is 10.1. The van der Waals surface area contributed by atoms with Crippen LogP contribution in [0.15, 0.2) is 12.4 Å². The summed E-state index contributed by atoms with van der Waals surface area (Å²) in [4.78, 5) is 9.74. The number of nitrogens with zero attached hydrogens (tertiary/aromatic N) is 2. The van der Waals surface area contributed by atoms with E-state index in [9.17, 15) is 10.2 Å². The second kappa shape index (κ2) is 6.98. The summed E-state index contributed by atoms with van der Waals surface area (Å²) in [7, 11) is 0. The highest BCUT2D eigenvalue weighted by Gasteiger charge is 2.14. The van der Waals surface area contributed by atoms with Crippen molar-refractivity contribution in [2.24, 2.45) is 0 Å². The monoisotopic (exact) mass is 307 g/mol. The van der Waals surface area contributed by atoms with Crippen molar-refractivity contribution in [2.45, 2.75) is 46.4 Å². The molecule has 1 unspecified atom stereocenters. The van der Waals surface area contributed by atoms with Crippen molar-refractivity contribution < 1.29 is 10.2 Å². The molecular formula is C15H21N3O2S. The van der Waals surface area contributed by atoms with Crippen molar-refractivity contribution in [3.05, 3.63) is 39.1 Å². The molecule has 1 atom stereocenters. The maximum atomic E-state index is 10.1. The number of aliphatic hydroxyl groups is 1. The van der Waals surface area contributed by atoms with Crippen molar-refractivity contribution in [1.82, 2.24) is 15.3 Å². The molecule has 0 radical (unpaired) electrons. The molecule has 21 heavy (non-hydrogen) atoms. The Morgan fingerprint density at radius 2 is 2.10 bits per heavy atom. The molecule has 0 spiro atoms. The van der Waals surface area contributed by atoms with Crippen LogP contribution < -0.4 is 5.32 Å². The molecule has 3 N–H and O–H groups in total. The van der Waals surface area contributed by atoms with Gasteiger partial charge in [-0.15, -0.1) is 11.3 Å². The molecule has 2 heterocycles. The average Bonchev–Trinajstić information content (AvgIpc) is 2.97. The normalized spacial score (nSPS) is 12.6. The standard InChI is InChI=1S/C15H21N3O2S/c1-4-12-6-18-15(21-12)10(3)17-7-13-11(8-19)5-16-9(2)14(13)20/h5-6,10,17,19-20H,4,7-8H2,1-3H3. The lowest BCUT2D eigenvalue weighted by Crippen LogP contribution is -2.19. The summed E-state index contributed by atoms with van der Waals surface area (Å²) in [6, 6.07) is 0.0923. The van der Waals surface area contributed by atoms with Crippen LogP contribution in [0.4, 0.5) is 0 Å². The highest BCUT2D eigenvalue weighted by molar-refractivity contribution is 7.11. The third-order valence-corrected chi connectivity index (χ3v) is 4.80. The third-order valence-electron chi connectivity index (χ3n) is 3.48. The highest BCUT2D eigenvalue weighted by Crippen LogP contribution is 2.25. The van der Waals surface area contributed by atoms with E-state index in [0.29, 0.717) is 23.4 Å². The van der Waals surface area contributed by atoms with Crippen LogP contribution >= 0.6 is 11.3 Å². The zero-order valence-electron chi connectivity index (χ0n) is 12.6. The van der Waals surface area contributed by atoms with Crippen LogP contribution in [0.2, 0.25) is 0 Å². The summed E-state index contributed by atoms with van der Waals surface area (Å²) in [5, 5.41) is 23.8. The van der Waals surface area contributed by atoms with Gasteiger partial charge in [0.05, 0.1) is 18.3 Å². The Balaban J connectivity index is 2.10. The van der Waals surface area contributed by atoms with Crippen LogP contribution in [-0.4, -0.2) is 20.2 Å². The average molecular weight is 307 g/mol. The summed E-state index contributed by atoms with van der Waals surface area (Å²) in [5.74, 6) is 0.148. The highest BCUT2D eigenvalue weighted by atomic mass is 32.1. The van der Waals surface area contributed by atoms with Gasteiger partial charge < -0.3 is 15.5 Å². The van der Waals surface area contributed by atoms with E-state index in [4.69, 9.17) is 0 Å². The molecule has 0 amide bonds. The fraction of sp³-hybridized carbons (Fsp3) is 0.467. The number of hydrogen-bond acceptors (Lipinski definition) is 6. The Bertz CT molecular complexity index is 613. The minimum absolute atomic E-state index is 0.0923. The SMILES string of the molecule is CCc1cnc(C(C)NCc2c(CO)cnc(C)c2O)s1. The number of nitrogens with one attached hydrogen (secondary N) is 1. The lowest BCUT2D eigenvalue weighted by molar-refractivity contribution is 0.278. The molecule has 0 saturated carbocycles. The topological polar surface area (TPSA) is 78.3 Å². The van der Waals surface area contributed by atoms with Crippen LogP contribution in [0, 0.1) is 6.92 Å². The molecule has 0 bridgehead atoms. The third kappa shape index (κ3) is 3.58. The van der Waals surface area contributed by atoms with E-state index in [-0.39, 0.29) is 18.4 Å². The smallest absolute Gasteiger partial charge is 0.141 e. The van der Waals surface area contributed by atoms with Gasteiger partial charge in [-0.25, -0.2) is 4.98 Å². The molecular weight excluding hydrogens is 286 g/mol. The molecule has 0 aromatic carbocycles. The number of rotatable bonds is 6. The van der Waals surface area contributed by atoms with E-state index in [1.54, 1.807) is 24.5 Å². The molecule has 0 fully saturated rings. The number of pyridine rings is 1. The summed E-state index contributed by atoms with van der Waals surface area (Å²) in [6.45, 7) is 6.23. The van der Waals surface area contributed by atoms with Gasteiger partial charge >= 0.3 is 0 Å². The molecule has 0 saturated heterocycles. The Kier molecular flexibility index (Phi) is 5.27. The van der Waals surface area contributed by atoms with E-state index >= 15 is 0 Å². The van der Waals surface area contributed by atoms with Crippen LogP contribution in [0.1, 0.15) is 46.6 Å². The van der Waals surface area contributed by atoms with E-state index < -0.39 is 0 Å². The second-order valence-electron chi connectivity index (χ2n) is 4.98. The van der Waals surface area contributed by atoms with Gasteiger partial charge in [-0.3, -0.25) is 4.98 Å². The summed E-state index contributed by atoms with van der Waals surface area (Å²) in [6.07, 6.45) is 4.50. The molecule has 0 aliphatic carbocycles. The number of thiazole rings is 1. The van der Waals surface area contributed by atoms with E-state index in [1.165, 1.54) is 4.88 Å². The first-order chi connectivity index (χ1) is 10.1. The van der Waals surface area contributed by atoms with Gasteiger partial charge in [0.2, 0.25) is 0 Å². The van der Waals surface area contributed by atoms with Gasteiger partial charge in [0.25, 0.3) is 0 Å². The summed E-state index contributed by atoms with van der Waals surface area (Å²) < 4.78 is 0. The fourth-order valence-corrected chi connectivity index (χ4v) is 2.93. The van der Waals surface area contributed by atoms with E-state index in [0.717, 1.165) is 11.4 Å². The quantitative estimate of drug-likeness (QED) is 0.764. The number of aromatic hydroxyl groups is 1. The van der Waals surface area contributed by atoms with Crippen LogP contribution in [0.3, 0.4) is 0 Å². The maximum absolute atomic E-state index is 10.1. The Morgan fingerprint density at radius 1 is 1.33 bits per heavy atom. The molecule has 2 aromatic heterocycles. The van der Waals surface area contributed by atoms with Crippen LogP contribution in [-0.2, 0) is 19.6 Å². The first-order valence-corrected chi connectivity index (χ1v) is 7.83. The molecule has 0 aliphatic heterocycles. The Morgan fingerprint density at radius 3 is 2.71 bits per heavy atom. The Labute approximate surface area is 128 Å². The molecule has 2 rings (SSSR count). The predicted octanol–water partition coefficient (Wildman–Crippen LogP) is 2.46. The summed E-state index contributed by atoms with van der Waals surface area (Å²) in [5.41, 5.74) is 1.91. The van der Waals surface area contributed by atoms with Crippen molar-refractivity contribution in [3.8, 4) is 5.75 Å². The number of aromatic nitrogens is 2. The first kappa shape index (κ1) is 15.9. The van der Waals surface area contributed by atoms with Crippen molar-refractivity contribution in [1.29, 1.82) is 0 Å². The van der Waals surface area contributed by atoms with Gasteiger partial charge in [-0.2, -0.15) is 0 Å². The van der Waals surface area contributed by atoms with Gasteiger partial charge in [-0.05, 0) is 20.3 Å². The number of aliphatic hydroxyl groups excluding tert-OH is 1. The number of hydrogen-bond donors (Lipinski definition) is 3. The maximum Gasteiger partial charge on any atom is 0.141 e. The van der Waals surface area contributed by atoms with Crippen molar-refractivity contribution in [3.63, 3.8) is 0 Å². The molecule has 6 heteroatoms. The van der Waals surface area contributed by atoms with Crippen molar-refractivity contribution in [2.75, 3.05) is 0 Å². The van der Waals surface area contributed by atoms with Gasteiger partial charge in [0, 0.05) is 34.9 Å². The number of aryl methyl sites for hydroxylation is 2. The fourth-order valence-electron chi connectivity index (χ4n) is 2.05. The molecule has 2 aromatic rings. The lowest BCUT2D eigenvalue weighted by Gasteiger charge is -2.15. The van der Waals surface area contributed by atoms with Crippen molar-refractivity contribution >= 4 is 11.3 Å². The predicted molar refractivity (Wildman–Crippen MR) is 83.3 cm³/mol. The first-order valence-electron chi connectivity index (χ1n) is 7.02. The largest absolute Gasteiger partial charge is 0.506 e. The molecule has 5 nitrogen and oxygen atoms in total.